The van der Waals surface area contributed by atoms with Crippen LogP contribution in [0.5, 0.6) is 5.75 Å². The third-order valence-electron chi connectivity index (χ3n) is 4.82. The van der Waals surface area contributed by atoms with E-state index < -0.39 is 10.0 Å². The molecule has 1 saturated heterocycles. The number of nitrogens with zero attached hydrogens (tertiary/aromatic N) is 2. The topological polar surface area (TPSA) is 78.9 Å². The summed E-state index contributed by atoms with van der Waals surface area (Å²) in [4.78, 5) is 16.3. The number of piperazine rings is 1. The molecule has 0 bridgehead atoms. The van der Waals surface area contributed by atoms with Gasteiger partial charge in [0, 0.05) is 44.8 Å². The lowest BCUT2D eigenvalue weighted by Gasteiger charge is -2.36. The number of ether oxygens (including phenoxy) is 1. The van der Waals surface area contributed by atoms with Crippen LogP contribution in [0.15, 0.2) is 53.4 Å². The lowest BCUT2D eigenvalue weighted by molar-refractivity contribution is -0.131. The Kier molecular flexibility index (Phi) is 6.71. The van der Waals surface area contributed by atoms with Crippen molar-refractivity contribution in [3.05, 3.63) is 54.3 Å². The molecule has 0 atom stereocenters. The highest BCUT2D eigenvalue weighted by molar-refractivity contribution is 7.89. The second-order valence-corrected chi connectivity index (χ2v) is 8.43. The van der Waals surface area contributed by atoms with Gasteiger partial charge in [-0.3, -0.25) is 4.79 Å². The molecule has 29 heavy (non-hydrogen) atoms. The van der Waals surface area contributed by atoms with Crippen LogP contribution in [0.2, 0.25) is 0 Å². The molecule has 0 aromatic heterocycles. The summed E-state index contributed by atoms with van der Waals surface area (Å²) in [5.41, 5.74) is 0.922. The number of nitrogens with one attached hydrogen (secondary N) is 1. The monoisotopic (exact) mass is 421 g/mol. The Balaban J connectivity index is 1.45. The number of methoxy groups -OCH3 is 1. The molecular weight excluding hydrogens is 397 g/mol. The molecular formula is C20H24FN3O4S. The SMILES string of the molecule is COc1ccc(S(=O)(=O)NCCC(=O)N2CCN(c3ccc(F)cc3)CC2)cc1. The fourth-order valence-corrected chi connectivity index (χ4v) is 4.19. The Hall–Kier alpha value is -2.65. The zero-order valence-electron chi connectivity index (χ0n) is 16.2. The standard InChI is InChI=1S/C20H24FN3O4S/c1-28-18-6-8-19(9-7-18)29(26,27)22-11-10-20(25)24-14-12-23(13-15-24)17-4-2-16(21)3-5-17/h2-9,22H,10-15H2,1H3. The van der Waals surface area contributed by atoms with Crippen molar-refractivity contribution in [1.82, 2.24) is 9.62 Å². The molecule has 0 radical (unpaired) electrons. The quantitative estimate of drug-likeness (QED) is 0.738. The Morgan fingerprint density at radius 3 is 2.24 bits per heavy atom. The van der Waals surface area contributed by atoms with Crippen molar-refractivity contribution in [3.63, 3.8) is 0 Å². The molecule has 9 heteroatoms. The van der Waals surface area contributed by atoms with Gasteiger partial charge in [0.2, 0.25) is 15.9 Å². The van der Waals surface area contributed by atoms with Crippen LogP contribution in [0.4, 0.5) is 10.1 Å². The molecule has 1 aliphatic rings. The Labute approximate surface area is 170 Å². The summed E-state index contributed by atoms with van der Waals surface area (Å²) in [6.07, 6.45) is 0.0892. The van der Waals surface area contributed by atoms with Gasteiger partial charge in [-0.25, -0.2) is 17.5 Å². The Bertz CT molecular complexity index is 925. The van der Waals surface area contributed by atoms with Gasteiger partial charge in [0.15, 0.2) is 0 Å². The van der Waals surface area contributed by atoms with E-state index in [4.69, 9.17) is 4.74 Å². The van der Waals surface area contributed by atoms with Gasteiger partial charge in [0.1, 0.15) is 11.6 Å². The number of halogens is 1. The van der Waals surface area contributed by atoms with E-state index in [2.05, 4.69) is 9.62 Å². The van der Waals surface area contributed by atoms with Crippen LogP contribution < -0.4 is 14.4 Å². The number of carbonyl (C=O) groups excluding carboxylic acids is 1. The van der Waals surface area contributed by atoms with Gasteiger partial charge >= 0.3 is 0 Å². The first-order chi connectivity index (χ1) is 13.9. The van der Waals surface area contributed by atoms with Crippen LogP contribution in [-0.4, -0.2) is 59.1 Å². The summed E-state index contributed by atoms with van der Waals surface area (Å²) < 4.78 is 45.1. The van der Waals surface area contributed by atoms with E-state index in [0.717, 1.165) is 5.69 Å². The molecule has 0 saturated carbocycles. The zero-order valence-corrected chi connectivity index (χ0v) is 17.0. The second kappa shape index (κ2) is 9.23. The molecule has 3 rings (SSSR count). The lowest BCUT2D eigenvalue weighted by atomic mass is 10.2. The van der Waals surface area contributed by atoms with Crippen LogP contribution in [0.3, 0.4) is 0 Å². The van der Waals surface area contributed by atoms with Crippen molar-refractivity contribution in [2.75, 3.05) is 44.7 Å². The number of rotatable bonds is 7. The highest BCUT2D eigenvalue weighted by Gasteiger charge is 2.22. The van der Waals surface area contributed by atoms with Crippen molar-refractivity contribution in [3.8, 4) is 5.75 Å². The minimum atomic E-state index is -3.68. The molecule has 1 N–H and O–H groups in total. The van der Waals surface area contributed by atoms with Gasteiger partial charge in [-0.1, -0.05) is 0 Å². The molecule has 1 fully saturated rings. The van der Waals surface area contributed by atoms with Gasteiger partial charge < -0.3 is 14.5 Å². The average Bonchev–Trinajstić information content (AvgIpc) is 2.74. The molecule has 1 heterocycles. The fourth-order valence-electron chi connectivity index (χ4n) is 3.15. The van der Waals surface area contributed by atoms with E-state index in [1.807, 2.05) is 0 Å². The third kappa shape index (κ3) is 5.45. The summed E-state index contributed by atoms with van der Waals surface area (Å²) in [5.74, 6) is 0.194. The highest BCUT2D eigenvalue weighted by atomic mass is 32.2. The summed E-state index contributed by atoms with van der Waals surface area (Å²) in [5, 5.41) is 0. The van der Waals surface area contributed by atoms with Crippen LogP contribution in [0, 0.1) is 5.82 Å². The summed E-state index contributed by atoms with van der Waals surface area (Å²) in [6.45, 7) is 2.41. The maximum absolute atomic E-state index is 13.0. The van der Waals surface area contributed by atoms with Crippen molar-refractivity contribution in [2.24, 2.45) is 0 Å². The summed E-state index contributed by atoms with van der Waals surface area (Å²) in [7, 11) is -2.17. The maximum atomic E-state index is 13.0. The first kappa shape index (κ1) is 21.1. The van der Waals surface area contributed by atoms with E-state index in [1.165, 1.54) is 31.4 Å². The van der Waals surface area contributed by atoms with Crippen molar-refractivity contribution >= 4 is 21.6 Å². The first-order valence-electron chi connectivity index (χ1n) is 9.31. The van der Waals surface area contributed by atoms with E-state index in [-0.39, 0.29) is 29.6 Å². The summed E-state index contributed by atoms with van der Waals surface area (Å²) in [6, 6.07) is 12.3. The number of sulfonamides is 1. The van der Waals surface area contributed by atoms with Crippen molar-refractivity contribution < 1.29 is 22.3 Å². The predicted molar refractivity (Wildman–Crippen MR) is 108 cm³/mol. The molecule has 1 amide bonds. The van der Waals surface area contributed by atoms with Gasteiger partial charge in [-0.05, 0) is 48.5 Å². The number of benzene rings is 2. The first-order valence-corrected chi connectivity index (χ1v) is 10.8. The molecule has 1 aliphatic heterocycles. The second-order valence-electron chi connectivity index (χ2n) is 6.67. The Morgan fingerprint density at radius 1 is 1.03 bits per heavy atom. The maximum Gasteiger partial charge on any atom is 0.240 e. The number of hydrogen-bond acceptors (Lipinski definition) is 5. The van der Waals surface area contributed by atoms with E-state index >= 15 is 0 Å². The smallest absolute Gasteiger partial charge is 0.240 e. The predicted octanol–water partition coefficient (Wildman–Crippen LogP) is 1.85. The van der Waals surface area contributed by atoms with E-state index in [1.54, 1.807) is 29.2 Å². The average molecular weight is 421 g/mol. The van der Waals surface area contributed by atoms with Gasteiger partial charge in [0.25, 0.3) is 0 Å². The minimum Gasteiger partial charge on any atom is -0.497 e. The lowest BCUT2D eigenvalue weighted by Crippen LogP contribution is -2.49. The van der Waals surface area contributed by atoms with Gasteiger partial charge in [-0.2, -0.15) is 0 Å². The fraction of sp³-hybridized carbons (Fsp3) is 0.350. The molecule has 2 aromatic carbocycles. The highest BCUT2D eigenvalue weighted by Crippen LogP contribution is 2.18. The normalized spacial score (nSPS) is 14.7. The van der Waals surface area contributed by atoms with Gasteiger partial charge in [-0.15, -0.1) is 0 Å². The molecule has 0 unspecified atom stereocenters. The van der Waals surface area contributed by atoms with Crippen LogP contribution in [-0.2, 0) is 14.8 Å². The van der Waals surface area contributed by atoms with Crippen LogP contribution in [0.25, 0.3) is 0 Å². The molecule has 156 valence electrons. The van der Waals surface area contributed by atoms with Crippen LogP contribution >= 0.6 is 0 Å². The van der Waals surface area contributed by atoms with Gasteiger partial charge in [0.05, 0.1) is 12.0 Å². The largest absolute Gasteiger partial charge is 0.497 e. The molecule has 7 nitrogen and oxygen atoms in total. The summed E-state index contributed by atoms with van der Waals surface area (Å²) >= 11 is 0. The zero-order chi connectivity index (χ0) is 20.9. The molecule has 2 aromatic rings. The number of amides is 1. The molecule has 0 aliphatic carbocycles. The number of carbonyl (C=O) groups is 1. The van der Waals surface area contributed by atoms with Crippen molar-refractivity contribution in [1.29, 1.82) is 0 Å². The number of hydrogen-bond donors (Lipinski definition) is 1. The third-order valence-corrected chi connectivity index (χ3v) is 6.30. The molecule has 0 spiro atoms. The van der Waals surface area contributed by atoms with E-state index in [9.17, 15) is 17.6 Å². The van der Waals surface area contributed by atoms with Crippen molar-refractivity contribution in [2.45, 2.75) is 11.3 Å². The van der Waals surface area contributed by atoms with Crippen LogP contribution in [0.1, 0.15) is 6.42 Å². The van der Waals surface area contributed by atoms with E-state index in [0.29, 0.717) is 31.9 Å². The number of anilines is 1. The Morgan fingerprint density at radius 2 is 1.66 bits per heavy atom. The minimum absolute atomic E-state index is 0.0331.